The van der Waals surface area contributed by atoms with Crippen molar-refractivity contribution in [3.05, 3.63) is 47.8 Å². The van der Waals surface area contributed by atoms with Crippen molar-refractivity contribution in [1.82, 2.24) is 4.57 Å². The zero-order chi connectivity index (χ0) is 14.2. The van der Waals surface area contributed by atoms with E-state index in [9.17, 15) is 18.0 Å². The minimum absolute atomic E-state index is 0.0295. The summed E-state index contributed by atoms with van der Waals surface area (Å²) in [5.41, 5.74) is -0.643. The molecule has 3 nitrogen and oxygen atoms in total. The van der Waals surface area contributed by atoms with E-state index >= 15 is 0 Å². The SMILES string of the molecule is Cn1cc(-c2ccccc2C(F)(F)F)cc1C(=O)O. The molecule has 1 heterocycles. The van der Waals surface area contributed by atoms with Crippen molar-refractivity contribution in [3.8, 4) is 11.1 Å². The molecule has 6 heteroatoms. The van der Waals surface area contributed by atoms with E-state index in [2.05, 4.69) is 0 Å². The Morgan fingerprint density at radius 2 is 1.89 bits per heavy atom. The van der Waals surface area contributed by atoms with Crippen molar-refractivity contribution >= 4 is 5.97 Å². The lowest BCUT2D eigenvalue weighted by Crippen LogP contribution is -2.06. The molecule has 100 valence electrons. The highest BCUT2D eigenvalue weighted by Gasteiger charge is 2.33. The fourth-order valence-corrected chi connectivity index (χ4v) is 1.91. The Morgan fingerprint density at radius 1 is 1.26 bits per heavy atom. The predicted molar refractivity (Wildman–Crippen MR) is 62.8 cm³/mol. The molecule has 0 atom stereocenters. The van der Waals surface area contributed by atoms with E-state index < -0.39 is 17.7 Å². The van der Waals surface area contributed by atoms with Crippen LogP contribution in [-0.4, -0.2) is 15.6 Å². The molecule has 1 aromatic carbocycles. The van der Waals surface area contributed by atoms with Gasteiger partial charge in [0.15, 0.2) is 0 Å². The van der Waals surface area contributed by atoms with Gasteiger partial charge >= 0.3 is 12.1 Å². The highest BCUT2D eigenvalue weighted by atomic mass is 19.4. The van der Waals surface area contributed by atoms with E-state index in [1.807, 2.05) is 0 Å². The fraction of sp³-hybridized carbons (Fsp3) is 0.154. The molecule has 1 N–H and O–H groups in total. The Morgan fingerprint density at radius 3 is 2.42 bits per heavy atom. The van der Waals surface area contributed by atoms with Crippen LogP contribution in [0.4, 0.5) is 13.2 Å². The summed E-state index contributed by atoms with van der Waals surface area (Å²) < 4.78 is 39.9. The molecule has 0 fully saturated rings. The first-order valence-corrected chi connectivity index (χ1v) is 5.37. The van der Waals surface area contributed by atoms with Crippen LogP contribution in [0, 0.1) is 0 Å². The van der Waals surface area contributed by atoms with Gasteiger partial charge in [-0.3, -0.25) is 0 Å². The van der Waals surface area contributed by atoms with E-state index in [0.717, 1.165) is 6.07 Å². The highest BCUT2D eigenvalue weighted by Crippen LogP contribution is 2.37. The third-order valence-electron chi connectivity index (χ3n) is 2.77. The zero-order valence-electron chi connectivity index (χ0n) is 9.90. The smallest absolute Gasteiger partial charge is 0.417 e. The third-order valence-corrected chi connectivity index (χ3v) is 2.77. The molecule has 0 unspecified atom stereocenters. The van der Waals surface area contributed by atoms with Gasteiger partial charge in [0.2, 0.25) is 0 Å². The van der Waals surface area contributed by atoms with Crippen molar-refractivity contribution in [3.63, 3.8) is 0 Å². The maximum absolute atomic E-state index is 12.9. The van der Waals surface area contributed by atoms with Gasteiger partial charge in [0.25, 0.3) is 0 Å². The number of aromatic nitrogens is 1. The van der Waals surface area contributed by atoms with Gasteiger partial charge in [-0.05, 0) is 17.7 Å². The molecule has 0 aliphatic carbocycles. The number of rotatable bonds is 2. The van der Waals surface area contributed by atoms with Crippen molar-refractivity contribution < 1.29 is 23.1 Å². The maximum Gasteiger partial charge on any atom is 0.417 e. The Labute approximate surface area is 106 Å². The van der Waals surface area contributed by atoms with Gasteiger partial charge in [-0.15, -0.1) is 0 Å². The monoisotopic (exact) mass is 269 g/mol. The number of hydrogen-bond acceptors (Lipinski definition) is 1. The first kappa shape index (κ1) is 13.2. The predicted octanol–water partition coefficient (Wildman–Crippen LogP) is 3.41. The van der Waals surface area contributed by atoms with Gasteiger partial charge in [0, 0.05) is 18.8 Å². The van der Waals surface area contributed by atoms with E-state index in [4.69, 9.17) is 5.11 Å². The van der Waals surface area contributed by atoms with Gasteiger partial charge in [-0.25, -0.2) is 4.79 Å². The molecule has 1 aromatic heterocycles. The van der Waals surface area contributed by atoms with E-state index in [1.54, 1.807) is 0 Å². The Hall–Kier alpha value is -2.24. The van der Waals surface area contributed by atoms with E-state index in [0.29, 0.717) is 0 Å². The number of nitrogens with zero attached hydrogens (tertiary/aromatic N) is 1. The van der Waals surface area contributed by atoms with Crippen LogP contribution in [0.3, 0.4) is 0 Å². The molecule has 0 saturated carbocycles. The number of alkyl halides is 3. The molecule has 0 spiro atoms. The molecule has 19 heavy (non-hydrogen) atoms. The molecular formula is C13H10F3NO2. The largest absolute Gasteiger partial charge is 0.477 e. The molecule has 2 rings (SSSR count). The lowest BCUT2D eigenvalue weighted by molar-refractivity contribution is -0.137. The Kier molecular flexibility index (Phi) is 3.09. The van der Waals surface area contributed by atoms with Crippen LogP contribution < -0.4 is 0 Å². The van der Waals surface area contributed by atoms with Crippen molar-refractivity contribution in [2.24, 2.45) is 7.05 Å². The van der Waals surface area contributed by atoms with E-state index in [-0.39, 0.29) is 16.8 Å². The second-order valence-corrected chi connectivity index (χ2v) is 4.07. The molecule has 2 aromatic rings. The summed E-state index contributed by atoms with van der Waals surface area (Å²) in [5.74, 6) is -1.18. The van der Waals surface area contributed by atoms with E-state index in [1.165, 1.54) is 42.1 Å². The average Bonchev–Trinajstić information content (AvgIpc) is 2.70. The topological polar surface area (TPSA) is 42.2 Å². The van der Waals surface area contributed by atoms with Gasteiger partial charge in [0.05, 0.1) is 5.56 Å². The summed E-state index contributed by atoms with van der Waals surface area (Å²) in [6.45, 7) is 0. The summed E-state index contributed by atoms with van der Waals surface area (Å²) in [6.07, 6.45) is -3.11. The second-order valence-electron chi connectivity index (χ2n) is 4.07. The normalized spacial score (nSPS) is 11.6. The standard InChI is InChI=1S/C13H10F3NO2/c1-17-7-8(6-11(17)12(18)19)9-4-2-3-5-10(9)13(14,15)16/h2-7H,1H3,(H,18,19). The van der Waals surface area contributed by atoms with Gasteiger partial charge in [-0.2, -0.15) is 13.2 Å². The van der Waals surface area contributed by atoms with Crippen LogP contribution in [0.1, 0.15) is 16.1 Å². The van der Waals surface area contributed by atoms with Crippen molar-refractivity contribution in [2.45, 2.75) is 6.18 Å². The average molecular weight is 269 g/mol. The van der Waals surface area contributed by atoms with Gasteiger partial charge < -0.3 is 9.67 Å². The molecule has 0 bridgehead atoms. The van der Waals surface area contributed by atoms with Crippen LogP contribution in [-0.2, 0) is 13.2 Å². The molecule has 0 saturated heterocycles. The number of halogens is 3. The first-order valence-electron chi connectivity index (χ1n) is 5.37. The minimum atomic E-state index is -4.48. The molecule has 0 aliphatic rings. The first-order chi connectivity index (χ1) is 8.80. The second kappa shape index (κ2) is 4.46. The number of hydrogen-bond donors (Lipinski definition) is 1. The van der Waals surface area contributed by atoms with Crippen LogP contribution in [0.5, 0.6) is 0 Å². The summed E-state index contributed by atoms with van der Waals surface area (Å²) in [5, 5.41) is 8.91. The molecule has 0 amide bonds. The number of carboxylic acid groups (broad SMARTS) is 1. The highest BCUT2D eigenvalue weighted by molar-refractivity contribution is 5.88. The maximum atomic E-state index is 12.9. The summed E-state index contributed by atoms with van der Waals surface area (Å²) in [6, 6.07) is 6.31. The quantitative estimate of drug-likeness (QED) is 0.907. The van der Waals surface area contributed by atoms with Crippen LogP contribution >= 0.6 is 0 Å². The minimum Gasteiger partial charge on any atom is -0.477 e. The molecular weight excluding hydrogens is 259 g/mol. The van der Waals surface area contributed by atoms with Gasteiger partial charge in [0.1, 0.15) is 5.69 Å². The van der Waals surface area contributed by atoms with Crippen LogP contribution in [0.25, 0.3) is 11.1 Å². The molecule has 0 aliphatic heterocycles. The molecule has 0 radical (unpaired) electrons. The Balaban J connectivity index is 2.60. The summed E-state index contributed by atoms with van der Waals surface area (Å²) in [7, 11) is 1.48. The van der Waals surface area contributed by atoms with Gasteiger partial charge in [-0.1, -0.05) is 18.2 Å². The van der Waals surface area contributed by atoms with Crippen LogP contribution in [0.15, 0.2) is 36.5 Å². The Bertz CT molecular complexity index is 629. The van der Waals surface area contributed by atoms with Crippen molar-refractivity contribution in [2.75, 3.05) is 0 Å². The third kappa shape index (κ3) is 2.47. The number of benzene rings is 1. The number of aromatic carboxylic acids is 1. The number of carboxylic acids is 1. The zero-order valence-corrected chi connectivity index (χ0v) is 9.90. The lowest BCUT2D eigenvalue weighted by Gasteiger charge is -2.11. The number of carbonyl (C=O) groups is 1. The summed E-state index contributed by atoms with van der Waals surface area (Å²) >= 11 is 0. The van der Waals surface area contributed by atoms with Crippen molar-refractivity contribution in [1.29, 1.82) is 0 Å². The summed E-state index contributed by atoms with van der Waals surface area (Å²) in [4.78, 5) is 10.9. The fourth-order valence-electron chi connectivity index (χ4n) is 1.91. The van der Waals surface area contributed by atoms with Crippen LogP contribution in [0.2, 0.25) is 0 Å². The number of aryl methyl sites for hydroxylation is 1. The lowest BCUT2D eigenvalue weighted by atomic mass is 10.0.